The van der Waals surface area contributed by atoms with Crippen LogP contribution in [0.15, 0.2) is 36.8 Å². The van der Waals surface area contributed by atoms with Gasteiger partial charge in [-0.25, -0.2) is 9.07 Å². The molecule has 34 heavy (non-hydrogen) atoms. The number of carbonyl (C=O) groups excluding carboxylic acids is 1. The second-order valence-electron chi connectivity index (χ2n) is 9.99. The zero-order valence-electron chi connectivity index (χ0n) is 19.4. The van der Waals surface area contributed by atoms with Crippen LogP contribution in [-0.2, 0) is 0 Å². The fourth-order valence-electron chi connectivity index (χ4n) is 5.27. The van der Waals surface area contributed by atoms with Crippen molar-refractivity contribution >= 4 is 11.6 Å². The molecule has 1 aromatic carbocycles. The number of nitrogens with one attached hydrogen (secondary N) is 1. The van der Waals surface area contributed by atoms with Gasteiger partial charge in [-0.2, -0.15) is 0 Å². The number of pyridine rings is 1. The molecule has 0 unspecified atom stereocenters. The second kappa shape index (κ2) is 8.16. The van der Waals surface area contributed by atoms with Gasteiger partial charge in [0, 0.05) is 44.0 Å². The number of anilines is 1. The molecule has 8 nitrogen and oxygen atoms in total. The number of amides is 1. The third-order valence-electron chi connectivity index (χ3n) is 7.24. The molecule has 0 bridgehead atoms. The van der Waals surface area contributed by atoms with Crippen LogP contribution in [0.5, 0.6) is 0 Å². The highest BCUT2D eigenvalue weighted by molar-refractivity contribution is 5.95. The Hall–Kier alpha value is -3.33. The molecule has 3 fully saturated rings. The van der Waals surface area contributed by atoms with Gasteiger partial charge in [-0.15, -0.1) is 5.10 Å². The number of benzene rings is 1. The lowest BCUT2D eigenvalue weighted by Gasteiger charge is -2.21. The third kappa shape index (κ3) is 3.94. The first-order valence-corrected chi connectivity index (χ1v) is 11.9. The van der Waals surface area contributed by atoms with Crippen molar-refractivity contribution in [1.82, 2.24) is 30.2 Å². The van der Waals surface area contributed by atoms with Crippen molar-refractivity contribution in [2.75, 3.05) is 38.1 Å². The molecule has 2 aliphatic heterocycles. The van der Waals surface area contributed by atoms with Crippen LogP contribution in [0.25, 0.3) is 16.9 Å². The van der Waals surface area contributed by atoms with E-state index >= 15 is 0 Å². The zero-order chi connectivity index (χ0) is 23.4. The van der Waals surface area contributed by atoms with Crippen LogP contribution in [0.3, 0.4) is 0 Å². The topological polar surface area (TPSA) is 79.2 Å². The molecule has 3 aliphatic rings. The molecule has 1 amide bonds. The van der Waals surface area contributed by atoms with Gasteiger partial charge in [-0.1, -0.05) is 5.21 Å². The Morgan fingerprint density at radius 3 is 2.59 bits per heavy atom. The van der Waals surface area contributed by atoms with Crippen LogP contribution in [0.1, 0.15) is 28.8 Å². The number of aryl methyl sites for hydroxylation is 1. The van der Waals surface area contributed by atoms with Crippen molar-refractivity contribution in [3.8, 4) is 16.9 Å². The van der Waals surface area contributed by atoms with E-state index in [0.29, 0.717) is 28.8 Å². The minimum atomic E-state index is -0.529. The highest BCUT2D eigenvalue weighted by Gasteiger charge is 2.38. The zero-order valence-corrected chi connectivity index (χ0v) is 19.4. The quantitative estimate of drug-likeness (QED) is 0.630. The van der Waals surface area contributed by atoms with E-state index < -0.39 is 5.82 Å². The van der Waals surface area contributed by atoms with Crippen LogP contribution in [0.2, 0.25) is 0 Å². The Morgan fingerprint density at radius 1 is 1.09 bits per heavy atom. The molecular weight excluding hydrogens is 433 g/mol. The Labute approximate surface area is 197 Å². The monoisotopic (exact) mass is 461 g/mol. The number of hydrogen-bond donors (Lipinski definition) is 1. The SMILES string of the molecule is Cc1cc(F)c(C(=O)NC2CC2)cc1-n1cc(-c2cncc(N3C[C@H]4CN(C)C[C@H]4C3)c2)nn1. The van der Waals surface area contributed by atoms with Crippen LogP contribution in [0.4, 0.5) is 10.1 Å². The molecule has 0 radical (unpaired) electrons. The summed E-state index contributed by atoms with van der Waals surface area (Å²) >= 11 is 0. The maximum Gasteiger partial charge on any atom is 0.254 e. The van der Waals surface area contributed by atoms with E-state index in [9.17, 15) is 9.18 Å². The summed E-state index contributed by atoms with van der Waals surface area (Å²) in [5.74, 6) is 0.503. The average molecular weight is 462 g/mol. The summed E-state index contributed by atoms with van der Waals surface area (Å²) in [6.07, 6.45) is 7.39. The highest BCUT2D eigenvalue weighted by Crippen LogP contribution is 2.34. The molecule has 176 valence electrons. The number of nitrogens with zero attached hydrogens (tertiary/aromatic N) is 6. The number of rotatable bonds is 5. The summed E-state index contributed by atoms with van der Waals surface area (Å²) in [6.45, 7) is 6.20. The van der Waals surface area contributed by atoms with E-state index in [-0.39, 0.29) is 17.5 Å². The van der Waals surface area contributed by atoms with Crippen molar-refractivity contribution in [3.63, 3.8) is 0 Å². The molecule has 2 aromatic heterocycles. The Balaban J connectivity index is 1.25. The maximum atomic E-state index is 14.5. The van der Waals surface area contributed by atoms with Gasteiger partial charge in [-0.3, -0.25) is 9.78 Å². The van der Waals surface area contributed by atoms with Crippen molar-refractivity contribution in [1.29, 1.82) is 0 Å². The molecule has 6 rings (SSSR count). The largest absolute Gasteiger partial charge is 0.370 e. The minimum Gasteiger partial charge on any atom is -0.370 e. The van der Waals surface area contributed by atoms with Gasteiger partial charge in [-0.05, 0) is 62.4 Å². The first-order chi connectivity index (χ1) is 16.4. The fraction of sp³-hybridized carbons (Fsp3) is 0.440. The van der Waals surface area contributed by atoms with Gasteiger partial charge < -0.3 is 15.1 Å². The highest BCUT2D eigenvalue weighted by atomic mass is 19.1. The maximum absolute atomic E-state index is 14.5. The van der Waals surface area contributed by atoms with Gasteiger partial charge in [0.15, 0.2) is 0 Å². The smallest absolute Gasteiger partial charge is 0.254 e. The molecule has 1 saturated carbocycles. The predicted molar refractivity (Wildman–Crippen MR) is 126 cm³/mol. The molecule has 9 heteroatoms. The van der Waals surface area contributed by atoms with E-state index in [4.69, 9.17) is 0 Å². The van der Waals surface area contributed by atoms with E-state index in [1.165, 1.54) is 6.07 Å². The average Bonchev–Trinajstić information content (AvgIpc) is 3.17. The first kappa shape index (κ1) is 21.2. The van der Waals surface area contributed by atoms with E-state index in [1.807, 2.05) is 6.20 Å². The lowest BCUT2D eigenvalue weighted by atomic mass is 10.0. The summed E-state index contributed by atoms with van der Waals surface area (Å²) in [5.41, 5.74) is 3.99. The third-order valence-corrected chi connectivity index (χ3v) is 7.24. The van der Waals surface area contributed by atoms with E-state index in [0.717, 1.165) is 50.3 Å². The summed E-state index contributed by atoms with van der Waals surface area (Å²) in [6, 6.07) is 5.20. The Morgan fingerprint density at radius 2 is 1.85 bits per heavy atom. The van der Waals surface area contributed by atoms with Gasteiger partial charge in [0.05, 0.1) is 29.3 Å². The number of hydrogen-bond acceptors (Lipinski definition) is 6. The Bertz CT molecular complexity index is 1240. The summed E-state index contributed by atoms with van der Waals surface area (Å²) in [5, 5.41) is 11.5. The number of likely N-dealkylation sites (tertiary alicyclic amines) is 1. The Kier molecular flexibility index (Phi) is 5.09. The second-order valence-corrected chi connectivity index (χ2v) is 9.99. The van der Waals surface area contributed by atoms with Crippen LogP contribution < -0.4 is 10.2 Å². The van der Waals surface area contributed by atoms with Gasteiger partial charge >= 0.3 is 0 Å². The molecule has 1 N–H and O–H groups in total. The summed E-state index contributed by atoms with van der Waals surface area (Å²) in [4.78, 5) is 21.8. The standard InChI is InChI=1S/C25H28FN7O/c1-15-5-22(26)21(25(34)28-19-3-4-19)7-24(15)33-14-23(29-30-33)16-6-20(9-27-8-16)32-12-17-10-31(2)11-18(17)13-32/h5-9,14,17-19H,3-4,10-13H2,1-2H3,(H,28,34)/t17-,18+. The van der Waals surface area contributed by atoms with Crippen molar-refractivity contribution < 1.29 is 9.18 Å². The first-order valence-electron chi connectivity index (χ1n) is 11.9. The number of halogens is 1. The normalized spacial score (nSPS) is 22.3. The van der Waals surface area contributed by atoms with Crippen molar-refractivity contribution in [3.05, 3.63) is 53.7 Å². The van der Waals surface area contributed by atoms with Crippen molar-refractivity contribution in [2.45, 2.75) is 25.8 Å². The molecule has 2 atom stereocenters. The predicted octanol–water partition coefficient (Wildman–Crippen LogP) is 2.67. The molecule has 0 spiro atoms. The van der Waals surface area contributed by atoms with Crippen LogP contribution in [0, 0.1) is 24.6 Å². The fourth-order valence-corrected chi connectivity index (χ4v) is 5.27. The summed E-state index contributed by atoms with van der Waals surface area (Å²) < 4.78 is 16.1. The molecule has 2 saturated heterocycles. The number of aromatic nitrogens is 4. The van der Waals surface area contributed by atoms with Gasteiger partial charge in [0.1, 0.15) is 11.5 Å². The van der Waals surface area contributed by atoms with Crippen LogP contribution >= 0.6 is 0 Å². The molecule has 4 heterocycles. The minimum absolute atomic E-state index is 0.0263. The van der Waals surface area contributed by atoms with Gasteiger partial charge in [0.2, 0.25) is 0 Å². The summed E-state index contributed by atoms with van der Waals surface area (Å²) in [7, 11) is 2.19. The van der Waals surface area contributed by atoms with Crippen molar-refractivity contribution in [2.24, 2.45) is 11.8 Å². The molecule has 1 aliphatic carbocycles. The lowest BCUT2D eigenvalue weighted by Crippen LogP contribution is -2.26. The van der Waals surface area contributed by atoms with Crippen LogP contribution in [-0.4, -0.2) is 70.1 Å². The van der Waals surface area contributed by atoms with Gasteiger partial charge in [0.25, 0.3) is 5.91 Å². The molecule has 3 aromatic rings. The molecular formula is C25H28FN7O. The lowest BCUT2D eigenvalue weighted by molar-refractivity contribution is 0.0947. The van der Waals surface area contributed by atoms with E-state index in [2.05, 4.69) is 43.5 Å². The van der Waals surface area contributed by atoms with E-state index in [1.54, 1.807) is 30.1 Å². The number of carbonyl (C=O) groups is 1. The number of fused-ring (bicyclic) bond motifs is 1.